The van der Waals surface area contributed by atoms with Gasteiger partial charge in [0, 0.05) is 73.9 Å². The van der Waals surface area contributed by atoms with Gasteiger partial charge < -0.3 is 9.22 Å². The predicted octanol–water partition coefficient (Wildman–Crippen LogP) is 5.81. The number of benzene rings is 1. The molecule has 6 heteroatoms. The van der Waals surface area contributed by atoms with Gasteiger partial charge in [-0.05, 0) is 29.0 Å². The Morgan fingerprint density at radius 3 is 1.87 bits per heavy atom. The quantitative estimate of drug-likeness (QED) is 0.160. The Labute approximate surface area is 284 Å². The number of rotatable bonds is 4. The molecule has 3 aliphatic rings. The molecule has 1 aromatic carbocycles. The van der Waals surface area contributed by atoms with Crippen molar-refractivity contribution in [2.75, 3.05) is 33.8 Å². The second-order valence-electron chi connectivity index (χ2n) is 14.6. The van der Waals surface area contributed by atoms with Crippen LogP contribution in [-0.4, -0.2) is 44.2 Å². The number of hydrogen-bond acceptors (Lipinski definition) is 2. The number of methoxy groups -OCH3 is 1. The van der Waals surface area contributed by atoms with Gasteiger partial charge in [0.05, 0.1) is 33.8 Å². The first-order valence-electron chi connectivity index (χ1n) is 17.0. The van der Waals surface area contributed by atoms with Gasteiger partial charge in [-0.25, -0.2) is 13.7 Å². The maximum Gasteiger partial charge on any atom is 0.305 e. The van der Waals surface area contributed by atoms with E-state index in [1.54, 1.807) is 5.56 Å². The molecule has 3 saturated heterocycles. The van der Waals surface area contributed by atoms with Gasteiger partial charge in [-0.3, -0.25) is 4.79 Å². The lowest BCUT2D eigenvalue weighted by molar-refractivity contribution is -0.925. The van der Waals surface area contributed by atoms with Gasteiger partial charge in [0.2, 0.25) is 0 Å². The topological polar surface area (TPSA) is 37.9 Å². The van der Waals surface area contributed by atoms with E-state index < -0.39 is 0 Å². The van der Waals surface area contributed by atoms with Crippen LogP contribution in [-0.2, 0) is 47.9 Å². The molecule has 7 rings (SSSR count). The number of nitrogens with zero attached hydrogens (tertiary/aromatic N) is 4. The molecule has 4 aromatic rings. The van der Waals surface area contributed by atoms with Crippen LogP contribution in [0.25, 0.3) is 0 Å². The lowest BCUT2D eigenvalue weighted by atomic mass is 9.67. The summed E-state index contributed by atoms with van der Waals surface area (Å²) in [6.45, 7) is 12.9. The first-order chi connectivity index (χ1) is 22.2. The first kappa shape index (κ1) is 37.6. The summed E-state index contributed by atoms with van der Waals surface area (Å²) in [5.74, 6) is -0.161. The van der Waals surface area contributed by atoms with Gasteiger partial charge in [0.1, 0.15) is 21.1 Å². The van der Waals surface area contributed by atoms with E-state index in [1.165, 1.54) is 61.7 Å². The Kier molecular flexibility index (Phi) is 13.8. The van der Waals surface area contributed by atoms with E-state index in [0.29, 0.717) is 11.8 Å². The van der Waals surface area contributed by atoms with Gasteiger partial charge in [0.15, 0.2) is 36.7 Å². The number of pyridine rings is 3. The molecule has 3 aliphatic heterocycles. The third kappa shape index (κ3) is 12.0. The maximum absolute atomic E-state index is 10.8. The standard InChI is InChI=1S/C14H20N.C10H14NO2.C10H16N.C7H10N/c1-15-10-7-14(8-11-15,9-12-15)13-5-3-2-4-6-13;1-11-7-3-4-9(8-11)5-6-10(12)13-2;1-10(2,3)9-5-7-11(4)8-6-9;1-7-5-3-4-6-8(7)2/h2-6H,7-12H2,1H3;3-4,7-8H,5-6H2,1-2H3;5-8H,1-4H3;3-6H,1-2H3/q4*+1. The number of ether oxygens (including phenoxy) is 1. The lowest BCUT2D eigenvalue weighted by Gasteiger charge is -2.53. The minimum atomic E-state index is -0.161. The monoisotopic (exact) mass is 640 g/mol. The van der Waals surface area contributed by atoms with Crippen molar-refractivity contribution in [3.8, 4) is 0 Å². The zero-order valence-corrected chi connectivity index (χ0v) is 30.6. The predicted molar refractivity (Wildman–Crippen MR) is 189 cm³/mol. The van der Waals surface area contributed by atoms with Crippen LogP contribution in [0.15, 0.2) is 104 Å². The molecule has 0 unspecified atom stereocenters. The van der Waals surface area contributed by atoms with Crippen molar-refractivity contribution in [1.82, 2.24) is 0 Å². The molecule has 3 fully saturated rings. The SMILES string of the molecule is COC(=O)CCc1ccc[n+](C)c1.C[N+]12CCC(c3ccccc3)(CC1)CC2.C[n+]1ccc(C(C)(C)C)cc1.Cc1cccc[n+]1C. The molecule has 0 spiro atoms. The summed E-state index contributed by atoms with van der Waals surface area (Å²) in [7, 11) is 9.87. The Hall–Kier alpha value is -3.90. The minimum Gasteiger partial charge on any atom is -0.469 e. The molecule has 0 amide bonds. The van der Waals surface area contributed by atoms with Gasteiger partial charge in [0.25, 0.3) is 0 Å². The summed E-state index contributed by atoms with van der Waals surface area (Å²) < 4.78 is 12.0. The van der Waals surface area contributed by atoms with Crippen LogP contribution in [0, 0.1) is 6.92 Å². The fourth-order valence-corrected chi connectivity index (χ4v) is 6.14. The molecule has 6 heterocycles. The van der Waals surface area contributed by atoms with Crippen LogP contribution in [0.3, 0.4) is 0 Å². The molecule has 47 heavy (non-hydrogen) atoms. The molecular weight excluding hydrogens is 580 g/mol. The van der Waals surface area contributed by atoms with E-state index in [4.69, 9.17) is 0 Å². The molecular formula is C41H60N4O2+4. The average Bonchev–Trinajstić information content (AvgIpc) is 3.07. The second kappa shape index (κ2) is 17.3. The van der Waals surface area contributed by atoms with Gasteiger partial charge in [-0.2, -0.15) is 0 Å². The largest absolute Gasteiger partial charge is 0.469 e. The fourth-order valence-electron chi connectivity index (χ4n) is 6.14. The van der Waals surface area contributed by atoms with Crippen molar-refractivity contribution in [2.45, 2.75) is 70.6 Å². The van der Waals surface area contributed by atoms with Crippen LogP contribution in [0.5, 0.6) is 0 Å². The lowest BCUT2D eigenvalue weighted by Crippen LogP contribution is -2.60. The highest BCUT2D eigenvalue weighted by molar-refractivity contribution is 5.69. The van der Waals surface area contributed by atoms with Crippen LogP contribution in [0.4, 0.5) is 0 Å². The number of piperidine rings is 3. The van der Waals surface area contributed by atoms with Gasteiger partial charge >= 0.3 is 5.97 Å². The van der Waals surface area contributed by atoms with Gasteiger partial charge in [-0.1, -0.05) is 57.2 Å². The molecule has 252 valence electrons. The summed E-state index contributed by atoms with van der Waals surface area (Å²) in [4.78, 5) is 10.8. The molecule has 0 N–H and O–H groups in total. The zero-order chi connectivity index (χ0) is 34.5. The smallest absolute Gasteiger partial charge is 0.305 e. The number of hydrogen-bond donors (Lipinski definition) is 0. The summed E-state index contributed by atoms with van der Waals surface area (Å²) in [6, 6.07) is 25.6. The molecule has 0 saturated carbocycles. The Morgan fingerprint density at radius 1 is 0.787 bits per heavy atom. The number of aromatic nitrogens is 3. The number of carbonyl (C=O) groups excluding carboxylic acids is 1. The Balaban J connectivity index is 0.000000174. The van der Waals surface area contributed by atoms with Crippen molar-refractivity contribution in [3.05, 3.63) is 126 Å². The maximum atomic E-state index is 10.8. The molecule has 0 radical (unpaired) electrons. The van der Waals surface area contributed by atoms with Crippen molar-refractivity contribution < 1.29 is 27.7 Å². The second-order valence-corrected chi connectivity index (χ2v) is 14.6. The summed E-state index contributed by atoms with van der Waals surface area (Å²) >= 11 is 0. The Bertz CT molecular complexity index is 1480. The van der Waals surface area contributed by atoms with Gasteiger partial charge in [-0.15, -0.1) is 0 Å². The summed E-state index contributed by atoms with van der Waals surface area (Å²) in [6.07, 6.45) is 15.5. The van der Waals surface area contributed by atoms with Crippen LogP contribution in [0.2, 0.25) is 0 Å². The third-order valence-electron chi connectivity index (χ3n) is 9.78. The normalized spacial score (nSPS) is 19.5. The van der Waals surface area contributed by atoms with E-state index in [2.05, 4.69) is 110 Å². The fraction of sp³-hybridized carbons (Fsp3) is 0.463. The van der Waals surface area contributed by atoms with E-state index in [1.807, 2.05) is 68.6 Å². The van der Waals surface area contributed by atoms with Crippen LogP contribution >= 0.6 is 0 Å². The van der Waals surface area contributed by atoms with Crippen molar-refractivity contribution in [3.63, 3.8) is 0 Å². The molecule has 0 atom stereocenters. The summed E-state index contributed by atoms with van der Waals surface area (Å²) in [5, 5.41) is 0. The van der Waals surface area contributed by atoms with Crippen molar-refractivity contribution in [2.24, 2.45) is 21.1 Å². The highest BCUT2D eigenvalue weighted by Gasteiger charge is 2.47. The van der Waals surface area contributed by atoms with Crippen LogP contribution < -0.4 is 13.7 Å². The molecule has 0 aliphatic carbocycles. The summed E-state index contributed by atoms with van der Waals surface area (Å²) in [5.41, 5.74) is 6.22. The van der Waals surface area contributed by atoms with E-state index in [9.17, 15) is 4.79 Å². The zero-order valence-electron chi connectivity index (χ0n) is 30.6. The number of aryl methyl sites for hydroxylation is 5. The van der Waals surface area contributed by atoms with Crippen LogP contribution in [0.1, 0.15) is 68.8 Å². The number of esters is 1. The third-order valence-corrected chi connectivity index (χ3v) is 9.78. The highest BCUT2D eigenvalue weighted by atomic mass is 16.5. The van der Waals surface area contributed by atoms with E-state index >= 15 is 0 Å². The average molecular weight is 641 g/mol. The number of quaternary nitrogens is 1. The minimum absolute atomic E-state index is 0.161. The molecule has 3 aromatic heterocycles. The van der Waals surface area contributed by atoms with Crippen molar-refractivity contribution >= 4 is 5.97 Å². The number of fused-ring (bicyclic) bond motifs is 3. The number of carbonyl (C=O) groups is 1. The van der Waals surface area contributed by atoms with Crippen molar-refractivity contribution in [1.29, 1.82) is 0 Å². The van der Waals surface area contributed by atoms with E-state index in [0.717, 1.165) is 12.0 Å². The molecule has 6 nitrogen and oxygen atoms in total. The Morgan fingerprint density at radius 2 is 1.38 bits per heavy atom. The first-order valence-corrected chi connectivity index (χ1v) is 17.0. The molecule has 2 bridgehead atoms. The van der Waals surface area contributed by atoms with E-state index in [-0.39, 0.29) is 11.4 Å². The highest BCUT2D eigenvalue weighted by Crippen LogP contribution is 2.45.